The minimum absolute atomic E-state index is 0.320. The van der Waals surface area contributed by atoms with Crippen molar-refractivity contribution >= 4 is 49.9 Å². The molecule has 5 rings (SSSR count). The molecule has 0 N–H and O–H groups in total. The zero-order valence-electron chi connectivity index (χ0n) is 18.9. The standard InChI is InChI=1S/C29H20N2O3S/c1-2-33-26-17-19(16-21(18-30)28-31-24-12-5-6-13-27(24)35-28)14-15-25(26)34-29(32)23-11-7-9-20-8-3-4-10-22(20)23/h3-17H,2H2,1H3. The molecule has 0 spiro atoms. The number of para-hydroxylation sites is 1. The van der Waals surface area contributed by atoms with E-state index in [1.165, 1.54) is 11.3 Å². The summed E-state index contributed by atoms with van der Waals surface area (Å²) in [5.74, 6) is 0.287. The normalized spacial score (nSPS) is 11.4. The fourth-order valence-corrected chi connectivity index (χ4v) is 4.75. The van der Waals surface area contributed by atoms with Gasteiger partial charge >= 0.3 is 5.97 Å². The lowest BCUT2D eigenvalue weighted by molar-refractivity contribution is 0.0730. The van der Waals surface area contributed by atoms with Crippen LogP contribution in [0.1, 0.15) is 27.9 Å². The monoisotopic (exact) mass is 476 g/mol. The van der Waals surface area contributed by atoms with E-state index in [0.717, 1.165) is 26.6 Å². The van der Waals surface area contributed by atoms with Gasteiger partial charge in [-0.3, -0.25) is 0 Å². The van der Waals surface area contributed by atoms with E-state index < -0.39 is 5.97 Å². The second-order valence-electron chi connectivity index (χ2n) is 7.71. The van der Waals surface area contributed by atoms with Gasteiger partial charge in [0.2, 0.25) is 0 Å². The Morgan fingerprint density at radius 2 is 1.80 bits per heavy atom. The van der Waals surface area contributed by atoms with Gasteiger partial charge in [-0.1, -0.05) is 54.6 Å². The molecule has 0 unspecified atom stereocenters. The number of nitriles is 1. The summed E-state index contributed by atoms with van der Waals surface area (Å²) in [5.41, 5.74) is 2.54. The zero-order chi connectivity index (χ0) is 24.2. The highest BCUT2D eigenvalue weighted by Gasteiger charge is 2.16. The largest absolute Gasteiger partial charge is 0.490 e. The average molecular weight is 477 g/mol. The van der Waals surface area contributed by atoms with Crippen LogP contribution in [-0.4, -0.2) is 17.6 Å². The lowest BCUT2D eigenvalue weighted by Gasteiger charge is -2.12. The molecule has 5 nitrogen and oxygen atoms in total. The number of nitrogens with zero attached hydrogens (tertiary/aromatic N) is 2. The van der Waals surface area contributed by atoms with E-state index in [1.54, 1.807) is 30.3 Å². The van der Waals surface area contributed by atoms with Crippen LogP contribution in [0.15, 0.2) is 84.9 Å². The summed E-state index contributed by atoms with van der Waals surface area (Å²) in [5, 5.41) is 12.2. The summed E-state index contributed by atoms with van der Waals surface area (Å²) in [4.78, 5) is 17.6. The Morgan fingerprint density at radius 3 is 2.63 bits per heavy atom. The summed E-state index contributed by atoms with van der Waals surface area (Å²) in [6.07, 6.45) is 1.76. The second kappa shape index (κ2) is 9.80. The molecule has 0 atom stereocenters. The second-order valence-corrected chi connectivity index (χ2v) is 8.74. The quantitative estimate of drug-likeness (QED) is 0.148. The molecule has 0 aliphatic carbocycles. The number of ether oxygens (including phenoxy) is 2. The van der Waals surface area contributed by atoms with Crippen molar-refractivity contribution in [2.75, 3.05) is 6.61 Å². The summed E-state index contributed by atoms with van der Waals surface area (Å²) in [6, 6.07) is 28.5. The van der Waals surface area contributed by atoms with Gasteiger partial charge in [-0.15, -0.1) is 11.3 Å². The van der Waals surface area contributed by atoms with Crippen LogP contribution in [0, 0.1) is 11.3 Å². The van der Waals surface area contributed by atoms with E-state index in [2.05, 4.69) is 11.1 Å². The van der Waals surface area contributed by atoms with Crippen molar-refractivity contribution in [3.05, 3.63) is 101 Å². The van der Waals surface area contributed by atoms with Crippen molar-refractivity contribution in [3.8, 4) is 17.6 Å². The first kappa shape index (κ1) is 22.3. The Bertz CT molecular complexity index is 1590. The van der Waals surface area contributed by atoms with Gasteiger partial charge in [-0.25, -0.2) is 9.78 Å². The lowest BCUT2D eigenvalue weighted by Crippen LogP contribution is -2.10. The smallest absolute Gasteiger partial charge is 0.344 e. The van der Waals surface area contributed by atoms with Gasteiger partial charge < -0.3 is 9.47 Å². The molecule has 0 saturated heterocycles. The Balaban J connectivity index is 1.46. The van der Waals surface area contributed by atoms with Gasteiger partial charge in [0.05, 0.1) is 28.0 Å². The van der Waals surface area contributed by atoms with Crippen LogP contribution in [0.3, 0.4) is 0 Å². The number of rotatable bonds is 6. The van der Waals surface area contributed by atoms with E-state index in [9.17, 15) is 10.1 Å². The molecule has 170 valence electrons. The van der Waals surface area contributed by atoms with Crippen LogP contribution >= 0.6 is 11.3 Å². The number of hydrogen-bond acceptors (Lipinski definition) is 6. The van der Waals surface area contributed by atoms with Gasteiger partial charge in [0.1, 0.15) is 11.1 Å². The molecule has 35 heavy (non-hydrogen) atoms. The maximum atomic E-state index is 13.0. The predicted molar refractivity (Wildman–Crippen MR) is 140 cm³/mol. The molecule has 0 radical (unpaired) electrons. The number of carbonyl (C=O) groups excluding carboxylic acids is 1. The number of hydrogen-bond donors (Lipinski definition) is 0. The number of fused-ring (bicyclic) bond motifs is 2. The highest BCUT2D eigenvalue weighted by atomic mass is 32.1. The minimum atomic E-state index is -0.460. The first-order valence-corrected chi connectivity index (χ1v) is 11.9. The maximum absolute atomic E-state index is 13.0. The Kier molecular flexibility index (Phi) is 6.25. The molecule has 0 amide bonds. The molecular formula is C29H20N2O3S. The molecule has 1 heterocycles. The van der Waals surface area contributed by atoms with Crippen molar-refractivity contribution in [2.24, 2.45) is 0 Å². The van der Waals surface area contributed by atoms with Crippen molar-refractivity contribution in [2.45, 2.75) is 6.92 Å². The van der Waals surface area contributed by atoms with E-state index in [1.807, 2.05) is 67.6 Å². The Labute approximate surface area is 206 Å². The third-order valence-corrected chi connectivity index (χ3v) is 6.51. The fraction of sp³-hybridized carbons (Fsp3) is 0.0690. The number of allylic oxidation sites excluding steroid dienone is 1. The number of thiazole rings is 1. The van der Waals surface area contributed by atoms with Gasteiger partial charge in [-0.05, 0) is 59.7 Å². The van der Waals surface area contributed by atoms with Gasteiger partial charge in [0.25, 0.3) is 0 Å². The third kappa shape index (κ3) is 4.63. The van der Waals surface area contributed by atoms with Gasteiger partial charge in [-0.2, -0.15) is 5.26 Å². The molecule has 1 aromatic heterocycles. The zero-order valence-corrected chi connectivity index (χ0v) is 19.7. The molecule has 0 bridgehead atoms. The first-order chi connectivity index (χ1) is 17.2. The van der Waals surface area contributed by atoms with E-state index in [-0.39, 0.29) is 0 Å². The third-order valence-electron chi connectivity index (χ3n) is 5.44. The van der Waals surface area contributed by atoms with Crippen LogP contribution in [0.5, 0.6) is 11.5 Å². The molecule has 0 aliphatic heterocycles. The summed E-state index contributed by atoms with van der Waals surface area (Å²) in [7, 11) is 0. The lowest BCUT2D eigenvalue weighted by atomic mass is 10.0. The number of esters is 1. The molecule has 6 heteroatoms. The summed E-state index contributed by atoms with van der Waals surface area (Å²) in [6.45, 7) is 2.26. The highest BCUT2D eigenvalue weighted by molar-refractivity contribution is 7.19. The average Bonchev–Trinajstić information content (AvgIpc) is 3.32. The highest BCUT2D eigenvalue weighted by Crippen LogP contribution is 2.33. The van der Waals surface area contributed by atoms with Crippen molar-refractivity contribution < 1.29 is 14.3 Å². The SMILES string of the molecule is CCOc1cc(C=C(C#N)c2nc3ccccc3s2)ccc1OC(=O)c1cccc2ccccc12. The molecular weight excluding hydrogens is 456 g/mol. The predicted octanol–water partition coefficient (Wildman–Crippen LogP) is 7.13. The van der Waals surface area contributed by atoms with Crippen LogP contribution in [0.25, 0.3) is 32.6 Å². The number of benzene rings is 4. The number of aromatic nitrogens is 1. The van der Waals surface area contributed by atoms with E-state index in [0.29, 0.717) is 34.3 Å². The van der Waals surface area contributed by atoms with Crippen molar-refractivity contribution in [1.82, 2.24) is 4.98 Å². The van der Waals surface area contributed by atoms with Crippen molar-refractivity contribution in [1.29, 1.82) is 5.26 Å². The van der Waals surface area contributed by atoms with Crippen molar-refractivity contribution in [3.63, 3.8) is 0 Å². The van der Waals surface area contributed by atoms with Crippen LogP contribution < -0.4 is 9.47 Å². The topological polar surface area (TPSA) is 72.2 Å². The maximum Gasteiger partial charge on any atom is 0.344 e. The first-order valence-electron chi connectivity index (χ1n) is 11.1. The minimum Gasteiger partial charge on any atom is -0.490 e. The summed E-state index contributed by atoms with van der Waals surface area (Å²) < 4.78 is 12.5. The molecule has 0 fully saturated rings. The Hall–Kier alpha value is -4.47. The molecule has 4 aromatic carbocycles. The number of carbonyl (C=O) groups is 1. The van der Waals surface area contributed by atoms with Gasteiger partial charge in [0, 0.05) is 0 Å². The Morgan fingerprint density at radius 1 is 1.00 bits per heavy atom. The van der Waals surface area contributed by atoms with Crippen LogP contribution in [0.4, 0.5) is 0 Å². The van der Waals surface area contributed by atoms with Crippen LogP contribution in [0.2, 0.25) is 0 Å². The molecule has 0 saturated carbocycles. The molecule has 0 aliphatic rings. The molecule has 5 aromatic rings. The summed E-state index contributed by atoms with van der Waals surface area (Å²) >= 11 is 1.47. The van der Waals surface area contributed by atoms with E-state index in [4.69, 9.17) is 9.47 Å². The van der Waals surface area contributed by atoms with Gasteiger partial charge in [0.15, 0.2) is 11.5 Å². The van der Waals surface area contributed by atoms with E-state index >= 15 is 0 Å². The fourth-order valence-electron chi connectivity index (χ4n) is 3.82. The van der Waals surface area contributed by atoms with Crippen LogP contribution in [-0.2, 0) is 0 Å².